The number of likely N-dealkylation sites (tertiary alicyclic amines) is 1. The molecule has 2 aliphatic rings. The number of hydrogen-bond donors (Lipinski definition) is 2. The van der Waals surface area contributed by atoms with Gasteiger partial charge in [-0.05, 0) is 67.9 Å². The fourth-order valence-corrected chi connectivity index (χ4v) is 4.76. The second kappa shape index (κ2) is 10.2. The molecule has 2 heterocycles. The van der Waals surface area contributed by atoms with Crippen LogP contribution in [-0.2, 0) is 11.3 Å². The summed E-state index contributed by atoms with van der Waals surface area (Å²) in [4.78, 5) is 29.5. The van der Waals surface area contributed by atoms with Gasteiger partial charge in [-0.25, -0.2) is 0 Å². The van der Waals surface area contributed by atoms with E-state index in [1.165, 1.54) is 37.9 Å². The Morgan fingerprint density at radius 3 is 2.40 bits per heavy atom. The summed E-state index contributed by atoms with van der Waals surface area (Å²) in [5.74, 6) is -0.369. The van der Waals surface area contributed by atoms with Gasteiger partial charge in [0, 0.05) is 48.0 Å². The summed E-state index contributed by atoms with van der Waals surface area (Å²) < 4.78 is 0. The van der Waals surface area contributed by atoms with E-state index in [-0.39, 0.29) is 11.8 Å². The summed E-state index contributed by atoms with van der Waals surface area (Å²) in [5.41, 5.74) is 5.74. The third-order valence-electron chi connectivity index (χ3n) is 6.65. The van der Waals surface area contributed by atoms with Gasteiger partial charge in [-0.2, -0.15) is 0 Å². The predicted octanol–water partition coefficient (Wildman–Crippen LogP) is 5.16. The molecule has 0 aromatic heterocycles. The van der Waals surface area contributed by atoms with Crippen LogP contribution in [0.5, 0.6) is 0 Å². The third kappa shape index (κ3) is 4.98. The number of anilines is 3. The Morgan fingerprint density at radius 1 is 0.971 bits per heavy atom. The molecule has 2 N–H and O–H groups in total. The molecule has 0 aliphatic carbocycles. The van der Waals surface area contributed by atoms with Gasteiger partial charge in [0.25, 0.3) is 11.8 Å². The Labute approximate surface area is 206 Å². The average Bonchev–Trinajstić information content (AvgIpc) is 3.22. The lowest BCUT2D eigenvalue weighted by Gasteiger charge is -2.27. The molecule has 1 saturated heterocycles. The fourth-order valence-electron chi connectivity index (χ4n) is 4.76. The number of nitrogens with zero attached hydrogens (tertiary/aromatic N) is 2. The smallest absolute Gasteiger partial charge is 0.257 e. The highest BCUT2D eigenvalue weighted by Crippen LogP contribution is 2.35. The van der Waals surface area contributed by atoms with E-state index in [0.29, 0.717) is 16.8 Å². The number of para-hydroxylation sites is 1. The van der Waals surface area contributed by atoms with Gasteiger partial charge in [-0.1, -0.05) is 42.8 Å². The van der Waals surface area contributed by atoms with E-state index < -0.39 is 0 Å². The highest BCUT2D eigenvalue weighted by molar-refractivity contribution is 6.32. The van der Waals surface area contributed by atoms with E-state index in [1.54, 1.807) is 19.2 Å². The molecule has 0 unspecified atom stereocenters. The fraction of sp³-hybridized carbons (Fsp3) is 0.241. The standard InChI is InChI=1S/C29H30N4O2/c1-30-28(34)22-12-15-25-26(29(35)31-27(25)18-22)20-33(23-8-4-2-5-9-23)24-13-10-21(11-14-24)19-32-16-6-3-7-17-32/h2,4-5,8-15,18,20H,3,6-7,16-17,19H2,1H3,(H,30,34)(H,31,35). The first-order chi connectivity index (χ1) is 17.1. The molecular weight excluding hydrogens is 436 g/mol. The minimum absolute atomic E-state index is 0.184. The van der Waals surface area contributed by atoms with Gasteiger partial charge < -0.3 is 15.5 Å². The van der Waals surface area contributed by atoms with Crippen LogP contribution in [0.3, 0.4) is 0 Å². The molecule has 6 nitrogen and oxygen atoms in total. The number of rotatable bonds is 6. The molecule has 0 radical (unpaired) electrons. The number of benzene rings is 3. The Bertz CT molecular complexity index is 1250. The van der Waals surface area contributed by atoms with Crippen LogP contribution in [0, 0.1) is 0 Å². The molecule has 0 bridgehead atoms. The van der Waals surface area contributed by atoms with E-state index in [2.05, 4.69) is 39.8 Å². The van der Waals surface area contributed by atoms with Crippen LogP contribution < -0.4 is 15.5 Å². The molecule has 0 atom stereocenters. The monoisotopic (exact) mass is 466 g/mol. The molecule has 3 aromatic rings. The maximum Gasteiger partial charge on any atom is 0.257 e. The van der Waals surface area contributed by atoms with Crippen molar-refractivity contribution in [2.24, 2.45) is 0 Å². The minimum Gasteiger partial charge on any atom is -0.355 e. The molecule has 0 spiro atoms. The number of amides is 2. The van der Waals surface area contributed by atoms with Crippen molar-refractivity contribution in [3.8, 4) is 0 Å². The summed E-state index contributed by atoms with van der Waals surface area (Å²) in [6.07, 6.45) is 5.78. The molecule has 3 aromatic carbocycles. The summed E-state index contributed by atoms with van der Waals surface area (Å²) in [7, 11) is 1.59. The van der Waals surface area contributed by atoms with Crippen LogP contribution in [0.4, 0.5) is 17.1 Å². The number of hydrogen-bond acceptors (Lipinski definition) is 4. The predicted molar refractivity (Wildman–Crippen MR) is 141 cm³/mol. The highest BCUT2D eigenvalue weighted by Gasteiger charge is 2.26. The summed E-state index contributed by atoms with van der Waals surface area (Å²) in [6, 6.07) is 23.9. The molecule has 2 aliphatic heterocycles. The molecule has 0 saturated carbocycles. The maximum atomic E-state index is 12.9. The number of carbonyl (C=O) groups excluding carboxylic acids is 2. The van der Waals surface area contributed by atoms with Gasteiger partial charge in [0.1, 0.15) is 0 Å². The van der Waals surface area contributed by atoms with Gasteiger partial charge in [0.2, 0.25) is 0 Å². The summed E-state index contributed by atoms with van der Waals surface area (Å²) >= 11 is 0. The SMILES string of the molecule is CNC(=O)c1ccc2c(c1)NC(=O)C2=CN(c1ccccc1)c1ccc(CN2CCCCC2)cc1. The normalized spacial score (nSPS) is 16.6. The van der Waals surface area contributed by atoms with Gasteiger partial charge >= 0.3 is 0 Å². The van der Waals surface area contributed by atoms with Crippen LogP contribution in [-0.4, -0.2) is 36.9 Å². The molecule has 2 amide bonds. The maximum absolute atomic E-state index is 12.9. The van der Waals surface area contributed by atoms with Gasteiger partial charge in [-0.3, -0.25) is 14.5 Å². The van der Waals surface area contributed by atoms with Crippen LogP contribution in [0.15, 0.2) is 79.0 Å². The van der Waals surface area contributed by atoms with E-state index >= 15 is 0 Å². The van der Waals surface area contributed by atoms with Crippen molar-refractivity contribution in [3.63, 3.8) is 0 Å². The van der Waals surface area contributed by atoms with Crippen LogP contribution in [0.1, 0.15) is 40.7 Å². The zero-order valence-corrected chi connectivity index (χ0v) is 20.0. The lowest BCUT2D eigenvalue weighted by molar-refractivity contribution is -0.110. The summed E-state index contributed by atoms with van der Waals surface area (Å²) in [6.45, 7) is 3.30. The number of piperidine rings is 1. The van der Waals surface area contributed by atoms with Crippen LogP contribution in [0.25, 0.3) is 5.57 Å². The zero-order chi connectivity index (χ0) is 24.2. The van der Waals surface area contributed by atoms with Crippen molar-refractivity contribution in [1.82, 2.24) is 10.2 Å². The largest absolute Gasteiger partial charge is 0.355 e. The Kier molecular flexibility index (Phi) is 6.64. The van der Waals surface area contributed by atoms with E-state index in [0.717, 1.165) is 23.5 Å². The van der Waals surface area contributed by atoms with Crippen LogP contribution >= 0.6 is 0 Å². The molecule has 35 heavy (non-hydrogen) atoms. The van der Waals surface area contributed by atoms with Gasteiger partial charge in [0.05, 0.1) is 5.57 Å². The van der Waals surface area contributed by atoms with Crippen molar-refractivity contribution in [2.75, 3.05) is 30.4 Å². The first kappa shape index (κ1) is 22.9. The summed E-state index contributed by atoms with van der Waals surface area (Å²) in [5, 5.41) is 5.53. The Balaban J connectivity index is 1.47. The average molecular weight is 467 g/mol. The molecule has 6 heteroatoms. The Hall–Kier alpha value is -3.90. The van der Waals surface area contributed by atoms with Crippen molar-refractivity contribution in [1.29, 1.82) is 0 Å². The van der Waals surface area contributed by atoms with E-state index in [4.69, 9.17) is 0 Å². The molecular formula is C29H30N4O2. The number of fused-ring (bicyclic) bond motifs is 1. The first-order valence-corrected chi connectivity index (χ1v) is 12.2. The molecule has 5 rings (SSSR count). The van der Waals surface area contributed by atoms with Crippen molar-refractivity contribution >= 4 is 34.4 Å². The van der Waals surface area contributed by atoms with Crippen molar-refractivity contribution < 1.29 is 9.59 Å². The van der Waals surface area contributed by atoms with E-state index in [9.17, 15) is 9.59 Å². The molecule has 1 fully saturated rings. The Morgan fingerprint density at radius 2 is 1.69 bits per heavy atom. The minimum atomic E-state index is -0.185. The lowest BCUT2D eigenvalue weighted by atomic mass is 10.0. The third-order valence-corrected chi connectivity index (χ3v) is 6.65. The van der Waals surface area contributed by atoms with Crippen LogP contribution in [0.2, 0.25) is 0 Å². The zero-order valence-electron chi connectivity index (χ0n) is 20.0. The lowest BCUT2D eigenvalue weighted by Crippen LogP contribution is -2.29. The second-order valence-corrected chi connectivity index (χ2v) is 9.05. The van der Waals surface area contributed by atoms with Gasteiger partial charge in [0.15, 0.2) is 0 Å². The quantitative estimate of drug-likeness (QED) is 0.493. The number of carbonyl (C=O) groups is 2. The topological polar surface area (TPSA) is 64.7 Å². The van der Waals surface area contributed by atoms with Crippen molar-refractivity contribution in [3.05, 3.63) is 95.7 Å². The highest BCUT2D eigenvalue weighted by atomic mass is 16.2. The van der Waals surface area contributed by atoms with Gasteiger partial charge in [-0.15, -0.1) is 0 Å². The van der Waals surface area contributed by atoms with E-state index in [1.807, 2.05) is 47.5 Å². The molecule has 178 valence electrons. The second-order valence-electron chi connectivity index (χ2n) is 9.05. The van der Waals surface area contributed by atoms with Crippen molar-refractivity contribution in [2.45, 2.75) is 25.8 Å². The first-order valence-electron chi connectivity index (χ1n) is 12.2. The number of nitrogens with one attached hydrogen (secondary N) is 2.